The Kier molecular flexibility index (Phi) is 4.93. The molecular formula is C20H28N2O2. The van der Waals surface area contributed by atoms with Gasteiger partial charge in [0, 0.05) is 26.6 Å². The van der Waals surface area contributed by atoms with Crippen LogP contribution in [0.2, 0.25) is 0 Å². The average Bonchev–Trinajstić information content (AvgIpc) is 2.56. The Hall–Kier alpha value is -1.84. The van der Waals surface area contributed by atoms with E-state index in [1.165, 1.54) is 6.42 Å². The van der Waals surface area contributed by atoms with Crippen LogP contribution >= 0.6 is 0 Å². The van der Waals surface area contributed by atoms with Crippen molar-refractivity contribution in [1.29, 1.82) is 0 Å². The van der Waals surface area contributed by atoms with Crippen molar-refractivity contribution in [3.8, 4) is 0 Å². The maximum atomic E-state index is 13.3. The fourth-order valence-corrected chi connectivity index (χ4v) is 4.48. The first-order valence-electron chi connectivity index (χ1n) is 9.06. The average molecular weight is 328 g/mol. The number of benzene rings is 1. The number of nitrogens with zero attached hydrogens (tertiary/aromatic N) is 2. The SMILES string of the molecule is C[C@@H]1C[C@H](C)CN(C(=O)[C@H]2CCC(=O)N(C)[C@@H]2c2ccccc2)C1. The topological polar surface area (TPSA) is 40.6 Å². The molecule has 0 aromatic heterocycles. The largest absolute Gasteiger partial charge is 0.342 e. The third-order valence-electron chi connectivity index (χ3n) is 5.50. The molecule has 1 aromatic rings. The summed E-state index contributed by atoms with van der Waals surface area (Å²) < 4.78 is 0. The molecule has 0 bridgehead atoms. The molecule has 4 nitrogen and oxygen atoms in total. The van der Waals surface area contributed by atoms with Crippen molar-refractivity contribution in [2.24, 2.45) is 17.8 Å². The molecule has 0 aliphatic carbocycles. The molecular weight excluding hydrogens is 300 g/mol. The van der Waals surface area contributed by atoms with E-state index in [4.69, 9.17) is 0 Å². The van der Waals surface area contributed by atoms with E-state index in [9.17, 15) is 9.59 Å². The number of hydrogen-bond acceptors (Lipinski definition) is 2. The molecule has 1 aromatic carbocycles. The smallest absolute Gasteiger partial charge is 0.228 e. The fourth-order valence-electron chi connectivity index (χ4n) is 4.48. The summed E-state index contributed by atoms with van der Waals surface area (Å²) >= 11 is 0. The molecule has 2 aliphatic rings. The molecule has 0 unspecified atom stereocenters. The van der Waals surface area contributed by atoms with Crippen molar-refractivity contribution in [2.45, 2.75) is 39.2 Å². The minimum absolute atomic E-state index is 0.132. The van der Waals surface area contributed by atoms with E-state index < -0.39 is 0 Å². The summed E-state index contributed by atoms with van der Waals surface area (Å²) in [5.74, 6) is 1.33. The van der Waals surface area contributed by atoms with Gasteiger partial charge >= 0.3 is 0 Å². The monoisotopic (exact) mass is 328 g/mol. The number of hydrogen-bond donors (Lipinski definition) is 0. The predicted molar refractivity (Wildman–Crippen MR) is 94.2 cm³/mol. The Morgan fingerprint density at radius 2 is 1.71 bits per heavy atom. The lowest BCUT2D eigenvalue weighted by Gasteiger charge is -2.43. The second-order valence-electron chi connectivity index (χ2n) is 7.69. The van der Waals surface area contributed by atoms with Crippen LogP contribution in [-0.4, -0.2) is 41.8 Å². The first kappa shape index (κ1) is 17.0. The second-order valence-corrected chi connectivity index (χ2v) is 7.69. The van der Waals surface area contributed by atoms with E-state index in [1.807, 2.05) is 42.3 Å². The summed E-state index contributed by atoms with van der Waals surface area (Å²) in [5.41, 5.74) is 1.06. The van der Waals surface area contributed by atoms with Gasteiger partial charge < -0.3 is 9.80 Å². The molecule has 2 aliphatic heterocycles. The van der Waals surface area contributed by atoms with E-state index in [0.29, 0.717) is 24.7 Å². The van der Waals surface area contributed by atoms with E-state index in [1.54, 1.807) is 4.90 Å². The van der Waals surface area contributed by atoms with Gasteiger partial charge in [0.05, 0.1) is 12.0 Å². The van der Waals surface area contributed by atoms with Crippen molar-refractivity contribution >= 4 is 11.8 Å². The molecule has 4 atom stereocenters. The summed E-state index contributed by atoms with van der Waals surface area (Å²) in [5, 5.41) is 0. The van der Waals surface area contributed by atoms with Gasteiger partial charge in [-0.15, -0.1) is 0 Å². The Balaban J connectivity index is 1.86. The molecule has 3 rings (SSSR count). The first-order chi connectivity index (χ1) is 11.5. The first-order valence-corrected chi connectivity index (χ1v) is 9.06. The number of likely N-dealkylation sites (tertiary alicyclic amines) is 2. The molecule has 0 radical (unpaired) electrons. The lowest BCUT2D eigenvalue weighted by molar-refractivity contribution is -0.148. The second kappa shape index (κ2) is 6.96. The number of amides is 2. The van der Waals surface area contributed by atoms with Crippen molar-refractivity contribution in [3.63, 3.8) is 0 Å². The maximum Gasteiger partial charge on any atom is 0.228 e. The lowest BCUT2D eigenvalue weighted by atomic mass is 9.82. The molecule has 0 spiro atoms. The van der Waals surface area contributed by atoms with E-state index in [0.717, 1.165) is 18.7 Å². The molecule has 130 valence electrons. The minimum Gasteiger partial charge on any atom is -0.342 e. The number of piperidine rings is 2. The number of carbonyl (C=O) groups excluding carboxylic acids is 2. The molecule has 4 heteroatoms. The zero-order valence-corrected chi connectivity index (χ0v) is 14.9. The normalized spacial score (nSPS) is 31.2. The van der Waals surface area contributed by atoms with Crippen LogP contribution in [0.15, 0.2) is 30.3 Å². The Morgan fingerprint density at radius 1 is 1.08 bits per heavy atom. The minimum atomic E-state index is -0.146. The summed E-state index contributed by atoms with van der Waals surface area (Å²) in [6.07, 6.45) is 2.31. The molecule has 0 saturated carbocycles. The molecule has 2 saturated heterocycles. The Bertz CT molecular complexity index is 591. The van der Waals surface area contributed by atoms with E-state index in [-0.39, 0.29) is 23.8 Å². The highest BCUT2D eigenvalue weighted by molar-refractivity contribution is 5.85. The van der Waals surface area contributed by atoms with Gasteiger partial charge in [0.1, 0.15) is 0 Å². The standard InChI is InChI=1S/C20H28N2O2/c1-14-11-15(2)13-22(12-14)20(24)17-9-10-18(23)21(3)19(17)16-7-5-4-6-8-16/h4-8,14-15,17,19H,9-13H2,1-3H3/t14-,15+,17-,19+/m0/s1. The molecule has 2 fully saturated rings. The Labute approximate surface area is 144 Å². The van der Waals surface area contributed by atoms with Gasteiger partial charge in [0.25, 0.3) is 0 Å². The molecule has 0 N–H and O–H groups in total. The van der Waals surface area contributed by atoms with Crippen LogP contribution in [-0.2, 0) is 9.59 Å². The highest BCUT2D eigenvalue weighted by Crippen LogP contribution is 2.37. The van der Waals surface area contributed by atoms with Gasteiger partial charge in [0.15, 0.2) is 0 Å². The van der Waals surface area contributed by atoms with Gasteiger partial charge in [-0.3, -0.25) is 9.59 Å². The number of rotatable bonds is 2. The third kappa shape index (κ3) is 3.33. The van der Waals surface area contributed by atoms with Crippen molar-refractivity contribution < 1.29 is 9.59 Å². The van der Waals surface area contributed by atoms with Crippen LogP contribution in [0.4, 0.5) is 0 Å². The van der Waals surface area contributed by atoms with Crippen molar-refractivity contribution in [2.75, 3.05) is 20.1 Å². The van der Waals surface area contributed by atoms with Crippen molar-refractivity contribution in [3.05, 3.63) is 35.9 Å². The molecule has 2 amide bonds. The zero-order valence-electron chi connectivity index (χ0n) is 14.9. The van der Waals surface area contributed by atoms with Crippen LogP contribution in [0.1, 0.15) is 44.7 Å². The van der Waals surface area contributed by atoms with Crippen molar-refractivity contribution in [1.82, 2.24) is 9.80 Å². The highest BCUT2D eigenvalue weighted by atomic mass is 16.2. The van der Waals surface area contributed by atoms with Crippen LogP contribution in [0.5, 0.6) is 0 Å². The quantitative estimate of drug-likeness (QED) is 0.837. The van der Waals surface area contributed by atoms with Crippen LogP contribution in [0.25, 0.3) is 0 Å². The third-order valence-corrected chi connectivity index (χ3v) is 5.50. The van der Waals surface area contributed by atoms with Crippen LogP contribution in [0, 0.1) is 17.8 Å². The maximum absolute atomic E-state index is 13.3. The summed E-state index contributed by atoms with van der Waals surface area (Å²) in [6.45, 7) is 6.14. The fraction of sp³-hybridized carbons (Fsp3) is 0.600. The number of carbonyl (C=O) groups is 2. The van der Waals surface area contributed by atoms with E-state index in [2.05, 4.69) is 13.8 Å². The van der Waals surface area contributed by atoms with Gasteiger partial charge in [-0.05, 0) is 30.2 Å². The molecule has 24 heavy (non-hydrogen) atoms. The summed E-state index contributed by atoms with van der Waals surface area (Å²) in [7, 11) is 1.83. The van der Waals surface area contributed by atoms with Crippen LogP contribution < -0.4 is 0 Å². The Morgan fingerprint density at radius 3 is 2.33 bits per heavy atom. The summed E-state index contributed by atoms with van der Waals surface area (Å²) in [6, 6.07) is 9.85. The van der Waals surface area contributed by atoms with Gasteiger partial charge in [0.2, 0.25) is 11.8 Å². The lowest BCUT2D eigenvalue weighted by Crippen LogP contribution is -2.50. The summed E-state index contributed by atoms with van der Waals surface area (Å²) in [4.78, 5) is 29.3. The molecule has 2 heterocycles. The zero-order chi connectivity index (χ0) is 17.3. The van der Waals surface area contributed by atoms with Gasteiger partial charge in [-0.2, -0.15) is 0 Å². The van der Waals surface area contributed by atoms with Gasteiger partial charge in [-0.1, -0.05) is 44.2 Å². The van der Waals surface area contributed by atoms with Gasteiger partial charge in [-0.25, -0.2) is 0 Å². The van der Waals surface area contributed by atoms with Crippen LogP contribution in [0.3, 0.4) is 0 Å². The predicted octanol–water partition coefficient (Wildman–Crippen LogP) is 3.10. The highest BCUT2D eigenvalue weighted by Gasteiger charge is 2.41. The van der Waals surface area contributed by atoms with E-state index >= 15 is 0 Å².